The molecule has 0 fully saturated rings. The van der Waals surface area contributed by atoms with Crippen molar-refractivity contribution in [3.05, 3.63) is 125 Å². The van der Waals surface area contributed by atoms with Crippen LogP contribution in [0.4, 0.5) is 17.1 Å². The Hall–Kier alpha value is -3.52. The summed E-state index contributed by atoms with van der Waals surface area (Å²) >= 11 is 0. The average Bonchev–Trinajstić information content (AvgIpc) is 3.10. The molecule has 2 heteroatoms. The smallest absolute Gasteiger partial charge is 0.0649 e. The fourth-order valence-corrected chi connectivity index (χ4v) is 4.69. The molecule has 2 unspecified atom stereocenters. The van der Waals surface area contributed by atoms with Gasteiger partial charge in [0.2, 0.25) is 0 Å². The molecular formula is C28H26N2. The molecule has 4 aromatic rings. The molecule has 0 saturated carbocycles. The van der Waals surface area contributed by atoms with Crippen molar-refractivity contribution in [2.24, 2.45) is 0 Å². The molecule has 30 heavy (non-hydrogen) atoms. The Bertz CT molecular complexity index is 1170. The van der Waals surface area contributed by atoms with Crippen LogP contribution in [0.1, 0.15) is 35.2 Å². The number of para-hydroxylation sites is 1. The Morgan fingerprint density at radius 1 is 0.767 bits per heavy atom. The van der Waals surface area contributed by atoms with E-state index < -0.39 is 0 Å². The molecule has 0 amide bonds. The molecule has 2 N–H and O–H groups in total. The Morgan fingerprint density at radius 2 is 1.43 bits per heavy atom. The van der Waals surface area contributed by atoms with Crippen molar-refractivity contribution >= 4 is 17.1 Å². The van der Waals surface area contributed by atoms with E-state index in [2.05, 4.69) is 128 Å². The van der Waals surface area contributed by atoms with E-state index in [0.717, 1.165) is 11.4 Å². The van der Waals surface area contributed by atoms with Crippen molar-refractivity contribution in [2.45, 2.75) is 25.3 Å². The SMILES string of the molecule is Cc1ccccc1Nc1ccc2c(c1)NC(c1ccccc1)C2(C)c1ccccc1. The van der Waals surface area contributed by atoms with Crippen LogP contribution >= 0.6 is 0 Å². The number of rotatable bonds is 4. The molecule has 2 atom stereocenters. The van der Waals surface area contributed by atoms with Gasteiger partial charge in [-0.05, 0) is 54.3 Å². The van der Waals surface area contributed by atoms with Crippen LogP contribution in [0.15, 0.2) is 103 Å². The molecule has 5 rings (SSSR count). The highest BCUT2D eigenvalue weighted by atomic mass is 15.0. The highest BCUT2D eigenvalue weighted by Gasteiger charge is 2.45. The van der Waals surface area contributed by atoms with Gasteiger partial charge < -0.3 is 10.6 Å². The summed E-state index contributed by atoms with van der Waals surface area (Å²) < 4.78 is 0. The molecule has 0 bridgehead atoms. The third-order valence-corrected chi connectivity index (χ3v) is 6.39. The number of nitrogens with one attached hydrogen (secondary N) is 2. The van der Waals surface area contributed by atoms with E-state index in [1.165, 1.54) is 27.9 Å². The molecule has 4 aromatic carbocycles. The van der Waals surface area contributed by atoms with Gasteiger partial charge in [0.05, 0.1) is 6.04 Å². The van der Waals surface area contributed by atoms with Crippen molar-refractivity contribution in [3.63, 3.8) is 0 Å². The molecule has 1 aliphatic rings. The van der Waals surface area contributed by atoms with Gasteiger partial charge in [0, 0.05) is 22.5 Å². The van der Waals surface area contributed by atoms with Crippen molar-refractivity contribution in [1.82, 2.24) is 0 Å². The van der Waals surface area contributed by atoms with Gasteiger partial charge in [0.25, 0.3) is 0 Å². The summed E-state index contributed by atoms with van der Waals surface area (Å²) in [6.45, 7) is 4.49. The molecule has 148 valence electrons. The third-order valence-electron chi connectivity index (χ3n) is 6.39. The zero-order valence-electron chi connectivity index (χ0n) is 17.4. The van der Waals surface area contributed by atoms with Gasteiger partial charge in [-0.25, -0.2) is 0 Å². The second-order valence-electron chi connectivity index (χ2n) is 8.26. The molecule has 0 aliphatic carbocycles. The van der Waals surface area contributed by atoms with Crippen LogP contribution in [0, 0.1) is 6.92 Å². The van der Waals surface area contributed by atoms with Crippen LogP contribution in [0.5, 0.6) is 0 Å². The number of hydrogen-bond acceptors (Lipinski definition) is 2. The summed E-state index contributed by atoms with van der Waals surface area (Å²) in [5.74, 6) is 0. The largest absolute Gasteiger partial charge is 0.377 e. The number of benzene rings is 4. The second kappa shape index (κ2) is 7.38. The van der Waals surface area contributed by atoms with E-state index in [0.29, 0.717) is 0 Å². The predicted octanol–water partition coefficient (Wildman–Crippen LogP) is 7.21. The van der Waals surface area contributed by atoms with Crippen LogP contribution in [-0.2, 0) is 5.41 Å². The van der Waals surface area contributed by atoms with E-state index in [9.17, 15) is 0 Å². The molecule has 0 radical (unpaired) electrons. The maximum atomic E-state index is 3.84. The molecule has 1 aliphatic heterocycles. The Kier molecular flexibility index (Phi) is 4.55. The van der Waals surface area contributed by atoms with E-state index in [1.807, 2.05) is 0 Å². The Morgan fingerprint density at radius 3 is 2.17 bits per heavy atom. The minimum atomic E-state index is -0.154. The topological polar surface area (TPSA) is 24.1 Å². The van der Waals surface area contributed by atoms with Crippen LogP contribution < -0.4 is 10.6 Å². The number of anilines is 3. The number of hydrogen-bond donors (Lipinski definition) is 2. The summed E-state index contributed by atoms with van der Waals surface area (Å²) in [6, 6.07) is 36.9. The summed E-state index contributed by atoms with van der Waals surface area (Å²) in [7, 11) is 0. The third kappa shape index (κ3) is 3.05. The van der Waals surface area contributed by atoms with Crippen LogP contribution in [-0.4, -0.2) is 0 Å². The van der Waals surface area contributed by atoms with Gasteiger partial charge in [-0.3, -0.25) is 0 Å². The van der Waals surface area contributed by atoms with Crippen LogP contribution in [0.2, 0.25) is 0 Å². The Balaban J connectivity index is 1.59. The highest BCUT2D eigenvalue weighted by molar-refractivity contribution is 5.74. The van der Waals surface area contributed by atoms with Crippen molar-refractivity contribution in [2.75, 3.05) is 10.6 Å². The Labute approximate surface area is 178 Å². The quantitative estimate of drug-likeness (QED) is 0.385. The summed E-state index contributed by atoms with van der Waals surface area (Å²) in [5, 5.41) is 7.42. The zero-order valence-corrected chi connectivity index (χ0v) is 17.4. The van der Waals surface area contributed by atoms with Crippen molar-refractivity contribution < 1.29 is 0 Å². The predicted molar refractivity (Wildman–Crippen MR) is 127 cm³/mol. The van der Waals surface area contributed by atoms with Gasteiger partial charge in [0.1, 0.15) is 0 Å². The molecule has 1 heterocycles. The first-order valence-corrected chi connectivity index (χ1v) is 10.5. The monoisotopic (exact) mass is 390 g/mol. The first kappa shape index (κ1) is 18.5. The maximum absolute atomic E-state index is 3.84. The van der Waals surface area contributed by atoms with Crippen molar-refractivity contribution in [1.29, 1.82) is 0 Å². The first-order chi connectivity index (χ1) is 14.7. The van der Waals surface area contributed by atoms with E-state index in [-0.39, 0.29) is 11.5 Å². The fourth-order valence-electron chi connectivity index (χ4n) is 4.69. The lowest BCUT2D eigenvalue weighted by atomic mass is 9.71. The van der Waals surface area contributed by atoms with Crippen LogP contribution in [0.3, 0.4) is 0 Å². The summed E-state index contributed by atoms with van der Waals surface area (Å²) in [6.07, 6.45) is 0. The molecule has 2 nitrogen and oxygen atoms in total. The molecule has 0 aromatic heterocycles. The minimum Gasteiger partial charge on any atom is -0.377 e. The lowest BCUT2D eigenvalue weighted by molar-refractivity contribution is 0.514. The van der Waals surface area contributed by atoms with Gasteiger partial charge in [0.15, 0.2) is 0 Å². The summed E-state index contributed by atoms with van der Waals surface area (Å²) in [5.41, 5.74) is 8.46. The highest BCUT2D eigenvalue weighted by Crippen LogP contribution is 2.53. The van der Waals surface area contributed by atoms with Crippen molar-refractivity contribution in [3.8, 4) is 0 Å². The number of fused-ring (bicyclic) bond motifs is 1. The molecular weight excluding hydrogens is 364 g/mol. The standard InChI is InChI=1S/C28H26N2/c1-20-11-9-10-16-25(20)29-23-17-18-24-26(19-23)30-27(21-12-5-3-6-13-21)28(24,2)22-14-7-4-8-15-22/h3-19,27,29-30H,1-2H3. The normalized spacial score (nSPS) is 19.7. The molecule has 0 saturated heterocycles. The van der Waals surface area contributed by atoms with Gasteiger partial charge in [-0.2, -0.15) is 0 Å². The second-order valence-corrected chi connectivity index (χ2v) is 8.26. The van der Waals surface area contributed by atoms with E-state index in [1.54, 1.807) is 0 Å². The van der Waals surface area contributed by atoms with Gasteiger partial charge >= 0.3 is 0 Å². The lowest BCUT2D eigenvalue weighted by Gasteiger charge is -2.33. The first-order valence-electron chi connectivity index (χ1n) is 10.5. The maximum Gasteiger partial charge on any atom is 0.0649 e. The van der Waals surface area contributed by atoms with E-state index >= 15 is 0 Å². The molecule has 0 spiro atoms. The zero-order chi connectivity index (χ0) is 20.6. The van der Waals surface area contributed by atoms with Crippen LogP contribution in [0.25, 0.3) is 0 Å². The van der Waals surface area contributed by atoms with Gasteiger partial charge in [-0.1, -0.05) is 84.9 Å². The minimum absolute atomic E-state index is 0.154. The lowest BCUT2D eigenvalue weighted by Crippen LogP contribution is -2.30. The summed E-state index contributed by atoms with van der Waals surface area (Å²) in [4.78, 5) is 0. The van der Waals surface area contributed by atoms with Gasteiger partial charge in [-0.15, -0.1) is 0 Å². The average molecular weight is 391 g/mol. The number of aryl methyl sites for hydroxylation is 1. The fraction of sp³-hybridized carbons (Fsp3) is 0.143. The van der Waals surface area contributed by atoms with E-state index in [4.69, 9.17) is 0 Å².